The van der Waals surface area contributed by atoms with Gasteiger partial charge in [-0.25, -0.2) is 4.39 Å². The number of amides is 1. The number of carbonyl (C=O) groups excluding carboxylic acids is 1. The van der Waals surface area contributed by atoms with E-state index in [1.807, 2.05) is 0 Å². The lowest BCUT2D eigenvalue weighted by Gasteiger charge is -2.52. The molecule has 0 N–H and O–H groups in total. The van der Waals surface area contributed by atoms with Gasteiger partial charge >= 0.3 is 35.3 Å². The van der Waals surface area contributed by atoms with Gasteiger partial charge in [-0.05, 0) is 12.8 Å². The molecule has 0 aromatic rings. The molecule has 1 amide bonds. The highest BCUT2D eigenvalue weighted by atomic mass is 19.4. The molecule has 2 rings (SSSR count). The van der Waals surface area contributed by atoms with Crippen LogP contribution in [0.15, 0.2) is 0 Å². The van der Waals surface area contributed by atoms with Crippen molar-refractivity contribution in [1.82, 2.24) is 4.90 Å². The number of nitrogens with zero attached hydrogens (tertiary/aromatic N) is 1. The van der Waals surface area contributed by atoms with Crippen LogP contribution in [-0.4, -0.2) is 59.2 Å². The zero-order valence-electron chi connectivity index (χ0n) is 11.3. The second-order valence-electron chi connectivity index (χ2n) is 5.53. The van der Waals surface area contributed by atoms with Gasteiger partial charge in [0.1, 0.15) is 0 Å². The molecule has 24 heavy (non-hydrogen) atoms. The summed E-state index contributed by atoms with van der Waals surface area (Å²) >= 11 is 0. The van der Waals surface area contributed by atoms with E-state index in [-0.39, 0.29) is 17.7 Å². The molecule has 0 unspecified atom stereocenters. The first-order chi connectivity index (χ1) is 10.5. The normalized spacial score (nSPS) is 31.7. The van der Waals surface area contributed by atoms with Crippen LogP contribution in [0.2, 0.25) is 0 Å². The summed E-state index contributed by atoms with van der Waals surface area (Å²) in [5.41, 5.74) is -6.54. The summed E-state index contributed by atoms with van der Waals surface area (Å²) < 4.78 is 148. The van der Waals surface area contributed by atoms with Crippen LogP contribution in [0.25, 0.3) is 0 Å². The van der Waals surface area contributed by atoms with Crippen molar-refractivity contribution in [2.24, 2.45) is 0 Å². The quantitative estimate of drug-likeness (QED) is 0.639. The Kier molecular flexibility index (Phi) is 3.69. The van der Waals surface area contributed by atoms with Crippen LogP contribution in [0.5, 0.6) is 0 Å². The van der Waals surface area contributed by atoms with Crippen LogP contribution in [0.3, 0.4) is 0 Å². The fourth-order valence-corrected chi connectivity index (χ4v) is 2.63. The minimum atomic E-state index is -7.30. The molecule has 1 aliphatic carbocycles. The number of rotatable bonds is 1. The Labute approximate surface area is 126 Å². The minimum absolute atomic E-state index is 0.0259. The number of carbonyl (C=O) groups is 1. The fraction of sp³-hybridized carbons (Fsp3) is 0.909. The lowest BCUT2D eigenvalue weighted by atomic mass is 9.71. The summed E-state index contributed by atoms with van der Waals surface area (Å²) in [7, 11) is 0. The van der Waals surface area contributed by atoms with Crippen LogP contribution in [0.1, 0.15) is 12.8 Å². The highest BCUT2D eigenvalue weighted by Gasteiger charge is 3.03. The topological polar surface area (TPSA) is 20.3 Å². The molecule has 2 nitrogen and oxygen atoms in total. The highest BCUT2D eigenvalue weighted by molar-refractivity contribution is 5.89. The summed E-state index contributed by atoms with van der Waals surface area (Å²) in [6.07, 6.45) is -0.0518. The van der Waals surface area contributed by atoms with Gasteiger partial charge in [0, 0.05) is 13.1 Å². The van der Waals surface area contributed by atoms with E-state index in [0.717, 1.165) is 0 Å². The Morgan fingerprint density at radius 1 is 0.583 bits per heavy atom. The SMILES string of the molecule is O=C(N1CCCC1)C1(F)C(F)(F)C(F)(F)C(F)(F)C(F)(F)C1(F)F. The van der Waals surface area contributed by atoms with Gasteiger partial charge in [-0.15, -0.1) is 0 Å². The Morgan fingerprint density at radius 3 is 1.21 bits per heavy atom. The van der Waals surface area contributed by atoms with Crippen LogP contribution < -0.4 is 0 Å². The zero-order valence-corrected chi connectivity index (χ0v) is 11.3. The van der Waals surface area contributed by atoms with Gasteiger partial charge in [0.05, 0.1) is 0 Å². The zero-order chi connectivity index (χ0) is 19.0. The predicted octanol–water partition coefficient (Wildman–Crippen LogP) is 3.51. The Bertz CT molecular complexity index is 522. The van der Waals surface area contributed by atoms with E-state index in [1.54, 1.807) is 0 Å². The molecule has 0 bridgehead atoms. The third-order valence-corrected chi connectivity index (χ3v) is 4.13. The van der Waals surface area contributed by atoms with E-state index in [9.17, 15) is 53.1 Å². The minimum Gasteiger partial charge on any atom is -0.339 e. The molecule has 0 atom stereocenters. The highest BCUT2D eigenvalue weighted by Crippen LogP contribution is 2.69. The van der Waals surface area contributed by atoms with Crippen molar-refractivity contribution >= 4 is 5.91 Å². The van der Waals surface area contributed by atoms with Crippen LogP contribution in [0.4, 0.5) is 48.3 Å². The largest absolute Gasteiger partial charge is 0.384 e. The molecule has 0 radical (unpaired) electrons. The van der Waals surface area contributed by atoms with Crippen LogP contribution in [0, 0.1) is 0 Å². The Balaban J connectivity index is 2.75. The smallest absolute Gasteiger partial charge is 0.339 e. The van der Waals surface area contributed by atoms with E-state index in [4.69, 9.17) is 0 Å². The molecule has 0 spiro atoms. The van der Waals surface area contributed by atoms with Crippen LogP contribution >= 0.6 is 0 Å². The maximum Gasteiger partial charge on any atom is 0.384 e. The number of hydrogen-bond donors (Lipinski definition) is 0. The average molecular weight is 379 g/mol. The second-order valence-corrected chi connectivity index (χ2v) is 5.53. The third kappa shape index (κ3) is 1.65. The van der Waals surface area contributed by atoms with Gasteiger partial charge in [0.2, 0.25) is 0 Å². The van der Waals surface area contributed by atoms with Crippen molar-refractivity contribution in [1.29, 1.82) is 0 Å². The number of likely N-dealkylation sites (tertiary alicyclic amines) is 1. The van der Waals surface area contributed by atoms with Gasteiger partial charge in [-0.1, -0.05) is 0 Å². The maximum atomic E-state index is 14.3. The third-order valence-electron chi connectivity index (χ3n) is 4.13. The molecule has 13 heteroatoms. The molecule has 1 saturated heterocycles. The van der Waals surface area contributed by atoms with Crippen molar-refractivity contribution in [2.45, 2.75) is 48.1 Å². The van der Waals surface area contributed by atoms with E-state index in [1.165, 1.54) is 0 Å². The summed E-state index contributed by atoms with van der Waals surface area (Å²) in [6, 6.07) is 0. The summed E-state index contributed by atoms with van der Waals surface area (Å²) in [5, 5.41) is 0. The first-order valence-electron chi connectivity index (χ1n) is 6.39. The summed E-state index contributed by atoms with van der Waals surface area (Å²) in [5.74, 6) is -39.0. The molecule has 1 aliphatic heterocycles. The molecule has 0 aromatic carbocycles. The Hall–Kier alpha value is -1.30. The van der Waals surface area contributed by atoms with Gasteiger partial charge in [0.15, 0.2) is 0 Å². The second kappa shape index (κ2) is 4.65. The summed E-state index contributed by atoms with van der Waals surface area (Å²) in [4.78, 5) is 11.5. The van der Waals surface area contributed by atoms with Crippen molar-refractivity contribution in [3.8, 4) is 0 Å². The Morgan fingerprint density at radius 2 is 0.875 bits per heavy atom. The number of halogens is 11. The van der Waals surface area contributed by atoms with E-state index < -0.39 is 54.3 Å². The van der Waals surface area contributed by atoms with Crippen molar-refractivity contribution in [3.63, 3.8) is 0 Å². The lowest BCUT2D eigenvalue weighted by Crippen LogP contribution is -2.86. The van der Waals surface area contributed by atoms with E-state index in [0.29, 0.717) is 0 Å². The van der Waals surface area contributed by atoms with Gasteiger partial charge in [-0.2, -0.15) is 43.9 Å². The van der Waals surface area contributed by atoms with Gasteiger partial charge < -0.3 is 4.90 Å². The molecule has 2 fully saturated rings. The van der Waals surface area contributed by atoms with Crippen molar-refractivity contribution in [3.05, 3.63) is 0 Å². The molecule has 1 saturated carbocycles. The standard InChI is InChI=1S/C11H8F11NO/c12-6(5(24)23-3-1-2-4-23)7(13,14)9(17,18)11(21,22)10(19,20)8(6,15)16/h1-4H2. The van der Waals surface area contributed by atoms with Crippen LogP contribution in [-0.2, 0) is 4.79 Å². The molecule has 0 aromatic heterocycles. The maximum absolute atomic E-state index is 14.3. The fourth-order valence-electron chi connectivity index (χ4n) is 2.63. The number of alkyl halides is 11. The molecular formula is C11H8F11NO. The van der Waals surface area contributed by atoms with E-state index >= 15 is 0 Å². The van der Waals surface area contributed by atoms with Crippen molar-refractivity contribution in [2.75, 3.05) is 13.1 Å². The van der Waals surface area contributed by atoms with Gasteiger partial charge in [-0.3, -0.25) is 4.79 Å². The molecule has 2 aliphatic rings. The average Bonchev–Trinajstić information content (AvgIpc) is 2.97. The van der Waals surface area contributed by atoms with Gasteiger partial charge in [0.25, 0.3) is 5.91 Å². The predicted molar refractivity (Wildman–Crippen MR) is 54.4 cm³/mol. The molecular weight excluding hydrogens is 371 g/mol. The van der Waals surface area contributed by atoms with Crippen molar-refractivity contribution < 1.29 is 53.1 Å². The first kappa shape index (κ1) is 19.0. The lowest BCUT2D eigenvalue weighted by molar-refractivity contribution is -0.477. The first-order valence-corrected chi connectivity index (χ1v) is 6.39. The molecule has 140 valence electrons. The van der Waals surface area contributed by atoms with E-state index in [2.05, 4.69) is 0 Å². The monoisotopic (exact) mass is 379 g/mol. The number of hydrogen-bond acceptors (Lipinski definition) is 1. The molecule has 1 heterocycles. The summed E-state index contributed by atoms with van der Waals surface area (Å²) in [6.45, 7) is -1.30.